The lowest BCUT2D eigenvalue weighted by Crippen LogP contribution is -2.15. The molecule has 0 aromatic heterocycles. The van der Waals surface area contributed by atoms with Gasteiger partial charge in [-0.05, 0) is 32.4 Å². The molecule has 60 valence electrons. The highest BCUT2D eigenvalue weighted by molar-refractivity contribution is 4.81. The minimum Gasteiger partial charge on any atom is -0.389 e. The van der Waals surface area contributed by atoms with Crippen LogP contribution in [0.15, 0.2) is 12.3 Å². The van der Waals surface area contributed by atoms with E-state index in [4.69, 9.17) is 0 Å². The minimum absolute atomic E-state index is 0.559. The van der Waals surface area contributed by atoms with Gasteiger partial charge in [0.1, 0.15) is 0 Å². The number of hydrogen-bond donors (Lipinski definition) is 1. The topological polar surface area (TPSA) is 12.0 Å². The summed E-state index contributed by atoms with van der Waals surface area (Å²) in [5, 5.41) is 3.22. The van der Waals surface area contributed by atoms with Crippen LogP contribution in [0, 0.1) is 5.92 Å². The van der Waals surface area contributed by atoms with Crippen LogP contribution in [0.25, 0.3) is 0 Å². The van der Waals surface area contributed by atoms with Gasteiger partial charge in [-0.3, -0.25) is 0 Å². The molecule has 1 nitrogen and oxygen atoms in total. The minimum atomic E-state index is 0.559. The SMILES string of the molecule is CC(C)C/C=C/NC(C)C. The normalized spacial score (nSPS) is 11.8. The maximum atomic E-state index is 3.22. The highest BCUT2D eigenvalue weighted by Crippen LogP contribution is 1.98. The Morgan fingerprint density at radius 1 is 1.20 bits per heavy atom. The summed E-state index contributed by atoms with van der Waals surface area (Å²) in [6.07, 6.45) is 5.40. The molecule has 0 aromatic carbocycles. The summed E-state index contributed by atoms with van der Waals surface area (Å²) in [5.74, 6) is 0.769. The summed E-state index contributed by atoms with van der Waals surface area (Å²) in [6, 6.07) is 0.559. The fraction of sp³-hybridized carbons (Fsp3) is 0.778. The quantitative estimate of drug-likeness (QED) is 0.634. The van der Waals surface area contributed by atoms with Crippen molar-refractivity contribution in [3.8, 4) is 0 Å². The second-order valence-electron chi connectivity index (χ2n) is 3.35. The van der Waals surface area contributed by atoms with Crippen molar-refractivity contribution >= 4 is 0 Å². The number of allylic oxidation sites excluding steroid dienone is 1. The van der Waals surface area contributed by atoms with Crippen molar-refractivity contribution in [1.29, 1.82) is 0 Å². The predicted molar refractivity (Wildman–Crippen MR) is 46.9 cm³/mol. The summed E-state index contributed by atoms with van der Waals surface area (Å²) in [4.78, 5) is 0. The molecule has 0 radical (unpaired) electrons. The second-order valence-corrected chi connectivity index (χ2v) is 3.35. The van der Waals surface area contributed by atoms with Crippen molar-refractivity contribution < 1.29 is 0 Å². The van der Waals surface area contributed by atoms with Crippen LogP contribution < -0.4 is 5.32 Å². The fourth-order valence-electron chi connectivity index (χ4n) is 0.601. The zero-order valence-corrected chi connectivity index (χ0v) is 7.52. The van der Waals surface area contributed by atoms with E-state index in [1.54, 1.807) is 0 Å². The lowest BCUT2D eigenvalue weighted by molar-refractivity contribution is 0.652. The van der Waals surface area contributed by atoms with Gasteiger partial charge in [0.15, 0.2) is 0 Å². The average molecular weight is 141 g/mol. The molecule has 0 saturated heterocycles. The van der Waals surface area contributed by atoms with Crippen molar-refractivity contribution in [3.63, 3.8) is 0 Å². The number of nitrogens with one attached hydrogen (secondary N) is 1. The summed E-state index contributed by atoms with van der Waals surface area (Å²) in [7, 11) is 0. The van der Waals surface area contributed by atoms with Gasteiger partial charge in [-0.2, -0.15) is 0 Å². The first-order chi connectivity index (χ1) is 4.63. The van der Waals surface area contributed by atoms with E-state index in [-0.39, 0.29) is 0 Å². The number of rotatable bonds is 4. The van der Waals surface area contributed by atoms with Crippen molar-refractivity contribution in [2.24, 2.45) is 5.92 Å². The monoisotopic (exact) mass is 141 g/mol. The molecule has 10 heavy (non-hydrogen) atoms. The van der Waals surface area contributed by atoms with Crippen LogP contribution in [0.1, 0.15) is 34.1 Å². The summed E-state index contributed by atoms with van der Waals surface area (Å²) < 4.78 is 0. The van der Waals surface area contributed by atoms with Crippen LogP contribution in [0.3, 0.4) is 0 Å². The maximum absolute atomic E-state index is 3.22. The van der Waals surface area contributed by atoms with Gasteiger partial charge in [0.05, 0.1) is 0 Å². The van der Waals surface area contributed by atoms with E-state index >= 15 is 0 Å². The Labute approximate surface area is 64.5 Å². The Kier molecular flexibility index (Phi) is 5.09. The molecule has 0 rings (SSSR count). The molecule has 0 spiro atoms. The third-order valence-electron chi connectivity index (χ3n) is 1.15. The molecule has 0 fully saturated rings. The molecule has 0 aliphatic heterocycles. The molecular formula is C9H19N. The average Bonchev–Trinajstić information content (AvgIpc) is 1.79. The predicted octanol–water partition coefficient (Wildman–Crippen LogP) is 2.54. The largest absolute Gasteiger partial charge is 0.389 e. The van der Waals surface area contributed by atoms with Crippen LogP contribution in [-0.2, 0) is 0 Å². The molecule has 0 unspecified atom stereocenters. The first-order valence-electron chi connectivity index (χ1n) is 4.04. The summed E-state index contributed by atoms with van der Waals surface area (Å²) in [5.41, 5.74) is 0. The lowest BCUT2D eigenvalue weighted by Gasteiger charge is -2.03. The van der Waals surface area contributed by atoms with E-state index in [1.807, 2.05) is 6.20 Å². The van der Waals surface area contributed by atoms with E-state index in [0.717, 1.165) is 5.92 Å². The Hall–Kier alpha value is -0.460. The van der Waals surface area contributed by atoms with E-state index in [1.165, 1.54) is 6.42 Å². The Morgan fingerprint density at radius 3 is 2.20 bits per heavy atom. The van der Waals surface area contributed by atoms with Crippen LogP contribution in [0.4, 0.5) is 0 Å². The zero-order chi connectivity index (χ0) is 7.98. The van der Waals surface area contributed by atoms with E-state index in [2.05, 4.69) is 39.1 Å². The van der Waals surface area contributed by atoms with Crippen molar-refractivity contribution in [2.45, 2.75) is 40.2 Å². The zero-order valence-electron chi connectivity index (χ0n) is 7.52. The van der Waals surface area contributed by atoms with Crippen LogP contribution >= 0.6 is 0 Å². The van der Waals surface area contributed by atoms with Crippen molar-refractivity contribution in [3.05, 3.63) is 12.3 Å². The third kappa shape index (κ3) is 7.54. The molecule has 0 aliphatic rings. The highest BCUT2D eigenvalue weighted by Gasteiger charge is 1.87. The van der Waals surface area contributed by atoms with Gasteiger partial charge >= 0.3 is 0 Å². The van der Waals surface area contributed by atoms with Crippen LogP contribution in [0.5, 0.6) is 0 Å². The first kappa shape index (κ1) is 9.54. The molecule has 1 heteroatoms. The van der Waals surface area contributed by atoms with E-state index < -0.39 is 0 Å². The maximum Gasteiger partial charge on any atom is 0.0199 e. The van der Waals surface area contributed by atoms with Gasteiger partial charge in [-0.15, -0.1) is 0 Å². The molecule has 1 N–H and O–H groups in total. The molecule has 0 bridgehead atoms. The van der Waals surface area contributed by atoms with Crippen LogP contribution in [-0.4, -0.2) is 6.04 Å². The van der Waals surface area contributed by atoms with Gasteiger partial charge in [-0.25, -0.2) is 0 Å². The Balaban J connectivity index is 3.20. The summed E-state index contributed by atoms with van der Waals surface area (Å²) >= 11 is 0. The number of hydrogen-bond acceptors (Lipinski definition) is 1. The Morgan fingerprint density at radius 2 is 1.80 bits per heavy atom. The van der Waals surface area contributed by atoms with Crippen molar-refractivity contribution in [1.82, 2.24) is 5.32 Å². The lowest BCUT2D eigenvalue weighted by atomic mass is 10.1. The molecule has 0 atom stereocenters. The van der Waals surface area contributed by atoms with Gasteiger partial charge < -0.3 is 5.32 Å². The smallest absolute Gasteiger partial charge is 0.0199 e. The van der Waals surface area contributed by atoms with E-state index in [0.29, 0.717) is 6.04 Å². The summed E-state index contributed by atoms with van der Waals surface area (Å²) in [6.45, 7) is 8.72. The molecule has 0 aromatic rings. The molecule has 0 amide bonds. The first-order valence-corrected chi connectivity index (χ1v) is 4.04. The fourth-order valence-corrected chi connectivity index (χ4v) is 0.601. The van der Waals surface area contributed by atoms with Gasteiger partial charge in [-0.1, -0.05) is 19.9 Å². The molecule has 0 heterocycles. The van der Waals surface area contributed by atoms with Gasteiger partial charge in [0, 0.05) is 6.04 Å². The third-order valence-corrected chi connectivity index (χ3v) is 1.15. The van der Waals surface area contributed by atoms with Gasteiger partial charge in [0.25, 0.3) is 0 Å². The standard InChI is InChI=1S/C9H19N/c1-8(2)6-5-7-10-9(3)4/h5,7-10H,6H2,1-4H3/b7-5+. The molecular weight excluding hydrogens is 122 g/mol. The molecule has 0 saturated carbocycles. The van der Waals surface area contributed by atoms with Crippen molar-refractivity contribution in [2.75, 3.05) is 0 Å². The highest BCUT2D eigenvalue weighted by atomic mass is 14.9. The van der Waals surface area contributed by atoms with Crippen LogP contribution in [0.2, 0.25) is 0 Å². The van der Waals surface area contributed by atoms with E-state index in [9.17, 15) is 0 Å². The Bertz CT molecular complexity index is 80.9. The molecule has 0 aliphatic carbocycles. The second kappa shape index (κ2) is 5.33. The van der Waals surface area contributed by atoms with Gasteiger partial charge in [0.2, 0.25) is 0 Å².